The number of methoxy groups -OCH3 is 1. The van der Waals surface area contributed by atoms with Gasteiger partial charge in [-0.25, -0.2) is 0 Å². The Balaban J connectivity index is 2.41. The molecule has 1 saturated heterocycles. The monoisotopic (exact) mass is 299 g/mol. The Hall–Kier alpha value is -1.14. The van der Waals surface area contributed by atoms with Crippen LogP contribution in [0.2, 0.25) is 0 Å². The maximum absolute atomic E-state index is 12.2. The summed E-state index contributed by atoms with van der Waals surface area (Å²) in [5.41, 5.74) is 5.76. The third-order valence-electron chi connectivity index (χ3n) is 4.21. The molecule has 0 saturated carbocycles. The number of likely N-dealkylation sites (tertiary alicyclic amines) is 1. The number of rotatable bonds is 6. The van der Waals surface area contributed by atoms with E-state index in [0.29, 0.717) is 31.8 Å². The molecule has 1 aliphatic rings. The van der Waals surface area contributed by atoms with Crippen molar-refractivity contribution in [2.24, 2.45) is 17.6 Å². The average molecular weight is 299 g/mol. The van der Waals surface area contributed by atoms with Crippen molar-refractivity contribution in [3.05, 3.63) is 0 Å². The van der Waals surface area contributed by atoms with Crippen LogP contribution in [0.15, 0.2) is 0 Å². The van der Waals surface area contributed by atoms with Crippen LogP contribution in [-0.4, -0.2) is 55.6 Å². The van der Waals surface area contributed by atoms with Gasteiger partial charge in [0.25, 0.3) is 0 Å². The standard InChI is InChI=1S/C15H29N3O3/c1-10(2)11(3)17-14(19)12-5-7-18(8-6-12)15(20)13(16)9-21-4/h10-13H,5-9,16H2,1-4H3,(H,17,19). The number of carbonyl (C=O) groups excluding carboxylic acids is 2. The molecule has 1 aliphatic heterocycles. The highest BCUT2D eigenvalue weighted by molar-refractivity contribution is 5.83. The summed E-state index contributed by atoms with van der Waals surface area (Å²) in [6.45, 7) is 7.59. The Morgan fingerprint density at radius 3 is 2.33 bits per heavy atom. The lowest BCUT2D eigenvalue weighted by Gasteiger charge is -2.33. The molecule has 0 bridgehead atoms. The minimum atomic E-state index is -0.610. The molecule has 0 spiro atoms. The highest BCUT2D eigenvalue weighted by atomic mass is 16.5. The van der Waals surface area contributed by atoms with E-state index in [-0.39, 0.29) is 30.4 Å². The molecule has 1 rings (SSSR count). The summed E-state index contributed by atoms with van der Waals surface area (Å²) in [6.07, 6.45) is 1.39. The summed E-state index contributed by atoms with van der Waals surface area (Å²) < 4.78 is 4.90. The zero-order valence-electron chi connectivity index (χ0n) is 13.6. The lowest BCUT2D eigenvalue weighted by atomic mass is 9.94. The van der Waals surface area contributed by atoms with Gasteiger partial charge in [-0.1, -0.05) is 13.8 Å². The van der Waals surface area contributed by atoms with Crippen molar-refractivity contribution >= 4 is 11.8 Å². The molecule has 0 aromatic rings. The van der Waals surface area contributed by atoms with Crippen molar-refractivity contribution in [3.63, 3.8) is 0 Å². The second-order valence-electron chi connectivity index (χ2n) is 6.20. The predicted molar refractivity (Wildman–Crippen MR) is 81.6 cm³/mol. The molecule has 2 amide bonds. The third-order valence-corrected chi connectivity index (χ3v) is 4.21. The first-order valence-corrected chi connectivity index (χ1v) is 7.70. The maximum Gasteiger partial charge on any atom is 0.241 e. The van der Waals surface area contributed by atoms with E-state index in [2.05, 4.69) is 19.2 Å². The van der Waals surface area contributed by atoms with E-state index < -0.39 is 6.04 Å². The van der Waals surface area contributed by atoms with Crippen LogP contribution in [0.5, 0.6) is 0 Å². The van der Waals surface area contributed by atoms with E-state index >= 15 is 0 Å². The van der Waals surface area contributed by atoms with Crippen LogP contribution in [0.3, 0.4) is 0 Å². The number of nitrogens with zero attached hydrogens (tertiary/aromatic N) is 1. The van der Waals surface area contributed by atoms with Crippen molar-refractivity contribution in [2.75, 3.05) is 26.8 Å². The smallest absolute Gasteiger partial charge is 0.241 e. The summed E-state index contributed by atoms with van der Waals surface area (Å²) >= 11 is 0. The van der Waals surface area contributed by atoms with Gasteiger partial charge < -0.3 is 20.7 Å². The van der Waals surface area contributed by atoms with Gasteiger partial charge in [-0.15, -0.1) is 0 Å². The van der Waals surface area contributed by atoms with Gasteiger partial charge in [0.15, 0.2) is 0 Å². The van der Waals surface area contributed by atoms with Gasteiger partial charge in [0.05, 0.1) is 6.61 Å². The molecule has 0 aromatic carbocycles. The fourth-order valence-electron chi connectivity index (χ4n) is 2.36. The van der Waals surface area contributed by atoms with Crippen molar-refractivity contribution < 1.29 is 14.3 Å². The summed E-state index contributed by atoms with van der Waals surface area (Å²) in [4.78, 5) is 26.0. The fourth-order valence-corrected chi connectivity index (χ4v) is 2.36. The molecular weight excluding hydrogens is 270 g/mol. The highest BCUT2D eigenvalue weighted by Crippen LogP contribution is 2.18. The van der Waals surface area contributed by atoms with Crippen LogP contribution in [0.4, 0.5) is 0 Å². The number of hydrogen-bond donors (Lipinski definition) is 2. The number of nitrogens with two attached hydrogens (primary N) is 1. The van der Waals surface area contributed by atoms with Gasteiger partial charge in [0.1, 0.15) is 6.04 Å². The topological polar surface area (TPSA) is 84.7 Å². The predicted octanol–water partition coefficient (Wildman–Crippen LogP) is 0.359. The van der Waals surface area contributed by atoms with Gasteiger partial charge in [0.2, 0.25) is 11.8 Å². The number of hydrogen-bond acceptors (Lipinski definition) is 4. The van der Waals surface area contributed by atoms with Gasteiger partial charge in [-0.05, 0) is 25.7 Å². The third kappa shape index (κ3) is 5.28. The molecule has 2 atom stereocenters. The first-order valence-electron chi connectivity index (χ1n) is 7.70. The second kappa shape index (κ2) is 8.34. The van der Waals surface area contributed by atoms with Crippen molar-refractivity contribution in [2.45, 2.75) is 45.7 Å². The molecule has 6 heteroatoms. The van der Waals surface area contributed by atoms with E-state index in [9.17, 15) is 9.59 Å². The Morgan fingerprint density at radius 2 is 1.86 bits per heavy atom. The number of nitrogens with one attached hydrogen (secondary N) is 1. The quantitative estimate of drug-likeness (QED) is 0.741. The van der Waals surface area contributed by atoms with Crippen LogP contribution in [0.25, 0.3) is 0 Å². The van der Waals surface area contributed by atoms with Crippen molar-refractivity contribution in [1.82, 2.24) is 10.2 Å². The van der Waals surface area contributed by atoms with Crippen LogP contribution in [0, 0.1) is 11.8 Å². The molecule has 6 nitrogen and oxygen atoms in total. The first kappa shape index (κ1) is 17.9. The molecule has 3 N–H and O–H groups in total. The number of carbonyl (C=O) groups is 2. The minimum absolute atomic E-state index is 0.00565. The summed E-state index contributed by atoms with van der Waals surface area (Å²) in [5.74, 6) is 0.423. The first-order chi connectivity index (χ1) is 9.86. The largest absolute Gasteiger partial charge is 0.383 e. The molecule has 21 heavy (non-hydrogen) atoms. The maximum atomic E-state index is 12.2. The van der Waals surface area contributed by atoms with Crippen molar-refractivity contribution in [1.29, 1.82) is 0 Å². The zero-order chi connectivity index (χ0) is 16.0. The lowest BCUT2D eigenvalue weighted by molar-refractivity contribution is -0.137. The molecule has 1 heterocycles. The number of piperidine rings is 1. The Kier molecular flexibility index (Phi) is 7.11. The SMILES string of the molecule is COCC(N)C(=O)N1CCC(C(=O)NC(C)C(C)C)CC1. The zero-order valence-corrected chi connectivity index (χ0v) is 13.6. The van der Waals surface area contributed by atoms with Crippen LogP contribution >= 0.6 is 0 Å². The number of amides is 2. The van der Waals surface area contributed by atoms with Crippen LogP contribution < -0.4 is 11.1 Å². The van der Waals surface area contributed by atoms with Gasteiger partial charge >= 0.3 is 0 Å². The molecule has 122 valence electrons. The average Bonchev–Trinajstić information content (AvgIpc) is 2.46. The highest BCUT2D eigenvalue weighted by Gasteiger charge is 2.30. The van der Waals surface area contributed by atoms with Gasteiger partial charge in [-0.3, -0.25) is 9.59 Å². The Labute approximate surface area is 127 Å². The molecular formula is C15H29N3O3. The summed E-state index contributed by atoms with van der Waals surface area (Å²) in [5, 5.41) is 3.05. The van der Waals surface area contributed by atoms with E-state index in [1.54, 1.807) is 4.90 Å². The fraction of sp³-hybridized carbons (Fsp3) is 0.867. The summed E-state index contributed by atoms with van der Waals surface area (Å²) in [6, 6.07) is -0.436. The number of ether oxygens (including phenoxy) is 1. The molecule has 2 unspecified atom stereocenters. The Morgan fingerprint density at radius 1 is 1.29 bits per heavy atom. The van der Waals surface area contributed by atoms with E-state index in [1.807, 2.05) is 6.92 Å². The molecule has 1 fully saturated rings. The molecule has 0 radical (unpaired) electrons. The Bertz CT molecular complexity index is 352. The van der Waals surface area contributed by atoms with Crippen LogP contribution in [0.1, 0.15) is 33.6 Å². The van der Waals surface area contributed by atoms with E-state index in [1.165, 1.54) is 7.11 Å². The second-order valence-corrected chi connectivity index (χ2v) is 6.20. The van der Waals surface area contributed by atoms with E-state index in [0.717, 1.165) is 0 Å². The van der Waals surface area contributed by atoms with Crippen molar-refractivity contribution in [3.8, 4) is 0 Å². The summed E-state index contributed by atoms with van der Waals surface area (Å²) in [7, 11) is 1.53. The van der Waals surface area contributed by atoms with Gasteiger partial charge in [-0.2, -0.15) is 0 Å². The minimum Gasteiger partial charge on any atom is -0.383 e. The lowest BCUT2D eigenvalue weighted by Crippen LogP contribution is -2.51. The van der Waals surface area contributed by atoms with Crippen LogP contribution in [-0.2, 0) is 14.3 Å². The molecule has 0 aliphatic carbocycles. The normalized spacial score (nSPS) is 19.4. The van der Waals surface area contributed by atoms with E-state index in [4.69, 9.17) is 10.5 Å². The van der Waals surface area contributed by atoms with Gasteiger partial charge in [0, 0.05) is 32.2 Å². The molecule has 0 aromatic heterocycles.